The third-order valence-electron chi connectivity index (χ3n) is 4.93. The van der Waals surface area contributed by atoms with Gasteiger partial charge in [-0.15, -0.1) is 0 Å². The molecule has 25 heavy (non-hydrogen) atoms. The number of para-hydroxylation sites is 1. The molecule has 3 rings (SSSR count). The molecule has 1 aliphatic carbocycles. The van der Waals surface area contributed by atoms with Crippen LogP contribution < -0.4 is 0 Å². The van der Waals surface area contributed by atoms with E-state index in [1.807, 2.05) is 0 Å². The Bertz CT molecular complexity index is 766. The van der Waals surface area contributed by atoms with Crippen LogP contribution in [0.25, 0.3) is 0 Å². The number of rotatable bonds is 4. The van der Waals surface area contributed by atoms with Crippen LogP contribution in [0.3, 0.4) is 0 Å². The first kappa shape index (κ1) is 17.8. The van der Waals surface area contributed by atoms with Crippen molar-refractivity contribution in [2.24, 2.45) is 5.92 Å². The smallest absolute Gasteiger partial charge is 0.289 e. The van der Waals surface area contributed by atoms with Gasteiger partial charge >= 0.3 is 0 Å². The number of amides is 1. The van der Waals surface area contributed by atoms with Crippen LogP contribution in [0.1, 0.15) is 25.7 Å². The van der Waals surface area contributed by atoms with Crippen LogP contribution in [0.4, 0.5) is 5.69 Å². The summed E-state index contributed by atoms with van der Waals surface area (Å²) in [6.07, 6.45) is 3.96. The summed E-state index contributed by atoms with van der Waals surface area (Å²) >= 11 is 0. The molecule has 0 bridgehead atoms. The van der Waals surface area contributed by atoms with E-state index in [4.69, 9.17) is 0 Å². The summed E-state index contributed by atoms with van der Waals surface area (Å²) < 4.78 is 26.8. The maximum atomic E-state index is 12.8. The van der Waals surface area contributed by atoms with E-state index in [0.717, 1.165) is 25.7 Å². The average Bonchev–Trinajstić information content (AvgIpc) is 3.16. The van der Waals surface area contributed by atoms with Gasteiger partial charge in [0.05, 0.1) is 4.92 Å². The first-order chi connectivity index (χ1) is 11.9. The second-order valence-electron chi connectivity index (χ2n) is 6.44. The van der Waals surface area contributed by atoms with Crippen LogP contribution in [-0.2, 0) is 14.8 Å². The molecule has 0 atom stereocenters. The standard InChI is InChI=1S/C16H21N3O5S/c20-16(13-5-1-2-6-13)17-9-11-18(12-10-17)25(23,24)15-8-4-3-7-14(15)19(21)22/h3-4,7-8,13H,1-2,5-6,9-12H2. The van der Waals surface area contributed by atoms with Crippen LogP contribution in [-0.4, -0.2) is 54.6 Å². The second kappa shape index (κ2) is 7.09. The van der Waals surface area contributed by atoms with Gasteiger partial charge in [0.2, 0.25) is 15.9 Å². The molecule has 0 unspecified atom stereocenters. The largest absolute Gasteiger partial charge is 0.340 e. The Morgan fingerprint density at radius 1 is 1.08 bits per heavy atom. The molecule has 0 N–H and O–H groups in total. The zero-order valence-electron chi connectivity index (χ0n) is 13.8. The molecule has 1 aromatic rings. The summed E-state index contributed by atoms with van der Waals surface area (Å²) in [5.74, 6) is 0.179. The molecular weight excluding hydrogens is 346 g/mol. The van der Waals surface area contributed by atoms with Crippen molar-refractivity contribution in [1.29, 1.82) is 0 Å². The highest BCUT2D eigenvalue weighted by atomic mass is 32.2. The molecular formula is C16H21N3O5S. The van der Waals surface area contributed by atoms with Gasteiger partial charge in [-0.05, 0) is 18.9 Å². The van der Waals surface area contributed by atoms with Gasteiger partial charge in [0.15, 0.2) is 4.90 Å². The molecule has 0 spiro atoms. The Balaban J connectivity index is 1.72. The topological polar surface area (TPSA) is 101 Å². The summed E-state index contributed by atoms with van der Waals surface area (Å²) in [6.45, 7) is 0.976. The minimum atomic E-state index is -3.95. The molecule has 2 fully saturated rings. The number of carbonyl (C=O) groups is 1. The Morgan fingerprint density at radius 2 is 1.68 bits per heavy atom. The lowest BCUT2D eigenvalue weighted by atomic mass is 10.1. The van der Waals surface area contributed by atoms with Gasteiger partial charge in [-0.1, -0.05) is 25.0 Å². The summed E-state index contributed by atoms with van der Waals surface area (Å²) in [5, 5.41) is 11.1. The number of sulfonamides is 1. The van der Waals surface area contributed by atoms with E-state index in [-0.39, 0.29) is 29.8 Å². The Labute approximate surface area is 146 Å². The summed E-state index contributed by atoms with van der Waals surface area (Å²) in [5.41, 5.74) is -0.424. The molecule has 136 valence electrons. The summed E-state index contributed by atoms with van der Waals surface area (Å²) in [7, 11) is -3.95. The van der Waals surface area contributed by atoms with Crippen molar-refractivity contribution in [3.63, 3.8) is 0 Å². The molecule has 0 aromatic heterocycles. The van der Waals surface area contributed by atoms with Gasteiger partial charge in [0.1, 0.15) is 0 Å². The summed E-state index contributed by atoms with van der Waals surface area (Å²) in [6, 6.07) is 5.35. The molecule has 1 saturated carbocycles. The molecule has 1 heterocycles. The normalized spacial score (nSPS) is 19.9. The Morgan fingerprint density at radius 3 is 2.28 bits per heavy atom. The third-order valence-corrected chi connectivity index (χ3v) is 6.88. The monoisotopic (exact) mass is 367 g/mol. The highest BCUT2D eigenvalue weighted by molar-refractivity contribution is 7.89. The lowest BCUT2D eigenvalue weighted by molar-refractivity contribution is -0.387. The number of hydrogen-bond donors (Lipinski definition) is 0. The van der Waals surface area contributed by atoms with E-state index >= 15 is 0 Å². The van der Waals surface area contributed by atoms with Gasteiger partial charge in [-0.2, -0.15) is 4.31 Å². The molecule has 9 heteroatoms. The van der Waals surface area contributed by atoms with Gasteiger partial charge < -0.3 is 4.90 Å². The average molecular weight is 367 g/mol. The molecule has 8 nitrogen and oxygen atoms in total. The molecule has 1 aliphatic heterocycles. The number of carbonyl (C=O) groups excluding carboxylic acids is 1. The molecule has 1 saturated heterocycles. The zero-order valence-corrected chi connectivity index (χ0v) is 14.7. The lowest BCUT2D eigenvalue weighted by Gasteiger charge is -2.35. The van der Waals surface area contributed by atoms with E-state index in [9.17, 15) is 23.3 Å². The van der Waals surface area contributed by atoms with Crippen molar-refractivity contribution in [2.45, 2.75) is 30.6 Å². The minimum Gasteiger partial charge on any atom is -0.340 e. The van der Waals surface area contributed by atoms with Gasteiger partial charge in [0, 0.05) is 38.2 Å². The number of nitrogens with zero attached hydrogens (tertiary/aromatic N) is 3. The van der Waals surface area contributed by atoms with E-state index in [0.29, 0.717) is 13.1 Å². The predicted molar refractivity (Wildman–Crippen MR) is 90.4 cm³/mol. The second-order valence-corrected chi connectivity index (χ2v) is 8.34. The zero-order chi connectivity index (χ0) is 18.0. The van der Waals surface area contributed by atoms with Gasteiger partial charge in [-0.3, -0.25) is 14.9 Å². The number of piperazine rings is 1. The number of nitro groups is 1. The fraction of sp³-hybridized carbons (Fsp3) is 0.562. The number of nitro benzene ring substituents is 1. The van der Waals surface area contributed by atoms with Crippen molar-refractivity contribution in [3.05, 3.63) is 34.4 Å². The quantitative estimate of drug-likeness (QED) is 0.594. The number of benzene rings is 1. The first-order valence-electron chi connectivity index (χ1n) is 8.43. The van der Waals surface area contributed by atoms with Crippen molar-refractivity contribution >= 4 is 21.6 Å². The van der Waals surface area contributed by atoms with Gasteiger partial charge in [-0.25, -0.2) is 8.42 Å². The van der Waals surface area contributed by atoms with Crippen molar-refractivity contribution in [1.82, 2.24) is 9.21 Å². The maximum Gasteiger partial charge on any atom is 0.289 e. The van der Waals surface area contributed by atoms with Crippen molar-refractivity contribution in [3.8, 4) is 0 Å². The Hall–Kier alpha value is -2.00. The Kier molecular flexibility index (Phi) is 5.05. The van der Waals surface area contributed by atoms with Crippen LogP contribution >= 0.6 is 0 Å². The van der Waals surface area contributed by atoms with E-state index < -0.39 is 20.6 Å². The van der Waals surface area contributed by atoms with Crippen LogP contribution in [0.15, 0.2) is 29.2 Å². The molecule has 1 aromatic carbocycles. The molecule has 2 aliphatic rings. The molecule has 0 radical (unpaired) electrons. The fourth-order valence-corrected chi connectivity index (χ4v) is 5.12. The fourth-order valence-electron chi connectivity index (χ4n) is 3.55. The van der Waals surface area contributed by atoms with E-state index in [1.54, 1.807) is 4.90 Å². The SMILES string of the molecule is O=C(C1CCCC1)N1CCN(S(=O)(=O)c2ccccc2[N+](=O)[O-])CC1. The van der Waals surface area contributed by atoms with Gasteiger partial charge in [0.25, 0.3) is 5.69 Å². The van der Waals surface area contributed by atoms with Crippen LogP contribution in [0.5, 0.6) is 0 Å². The maximum absolute atomic E-state index is 12.8. The first-order valence-corrected chi connectivity index (χ1v) is 9.87. The highest BCUT2D eigenvalue weighted by Crippen LogP contribution is 2.29. The summed E-state index contributed by atoms with van der Waals surface area (Å²) in [4.78, 5) is 24.3. The van der Waals surface area contributed by atoms with Crippen LogP contribution in [0.2, 0.25) is 0 Å². The van der Waals surface area contributed by atoms with Crippen molar-refractivity contribution in [2.75, 3.05) is 26.2 Å². The van der Waals surface area contributed by atoms with Crippen LogP contribution in [0, 0.1) is 16.0 Å². The van der Waals surface area contributed by atoms with Crippen molar-refractivity contribution < 1.29 is 18.1 Å². The minimum absolute atomic E-state index is 0.0679. The predicted octanol–water partition coefficient (Wildman–Crippen LogP) is 1.62. The third kappa shape index (κ3) is 3.52. The lowest BCUT2D eigenvalue weighted by Crippen LogP contribution is -2.51. The van der Waals surface area contributed by atoms with E-state index in [2.05, 4.69) is 0 Å². The number of hydrogen-bond acceptors (Lipinski definition) is 5. The highest BCUT2D eigenvalue weighted by Gasteiger charge is 2.36. The molecule has 1 amide bonds. The van der Waals surface area contributed by atoms with E-state index in [1.165, 1.54) is 28.6 Å².